The molecule has 0 radical (unpaired) electrons. The lowest BCUT2D eigenvalue weighted by Gasteiger charge is -2.18. The number of aliphatic hydroxyl groups is 1. The fraction of sp³-hybridized carbons (Fsp3) is 0.745. The van der Waals surface area contributed by atoms with Crippen LogP contribution in [0.15, 0.2) is 60.8 Å². The lowest BCUT2D eigenvalue weighted by atomic mass is 10.0. The van der Waals surface area contributed by atoms with E-state index in [0.717, 1.165) is 32.1 Å². The Morgan fingerprint density at radius 3 is 1.61 bits per heavy atom. The van der Waals surface area contributed by atoms with Gasteiger partial charge in [-0.2, -0.15) is 0 Å². The second kappa shape index (κ2) is 41.9. The van der Waals surface area contributed by atoms with Crippen LogP contribution in [0.4, 0.5) is 0 Å². The van der Waals surface area contributed by atoms with Crippen LogP contribution in [0.25, 0.3) is 0 Å². The van der Waals surface area contributed by atoms with Crippen molar-refractivity contribution in [3.05, 3.63) is 60.8 Å². The number of carbonyl (C=O) groups is 2. The number of ether oxygens (including phenoxy) is 2. The van der Waals surface area contributed by atoms with Gasteiger partial charge in [0.1, 0.15) is 6.61 Å². The average molecular weight is 823 g/mol. The Morgan fingerprint density at radius 1 is 0.544 bits per heavy atom. The summed E-state index contributed by atoms with van der Waals surface area (Å²) in [7, 11) is -4.79. The van der Waals surface area contributed by atoms with E-state index < -0.39 is 38.6 Å². The van der Waals surface area contributed by atoms with Crippen LogP contribution >= 0.6 is 7.82 Å². The zero-order chi connectivity index (χ0) is 41.9. The highest BCUT2D eigenvalue weighted by Gasteiger charge is 2.22. The van der Waals surface area contributed by atoms with E-state index in [4.69, 9.17) is 19.3 Å². The molecule has 57 heavy (non-hydrogen) atoms. The predicted molar refractivity (Wildman–Crippen MR) is 236 cm³/mol. The van der Waals surface area contributed by atoms with Gasteiger partial charge < -0.3 is 24.4 Å². The summed E-state index contributed by atoms with van der Waals surface area (Å²) in [6.45, 7) is 3.54. The molecule has 0 saturated heterocycles. The molecule has 0 heterocycles. The summed E-state index contributed by atoms with van der Waals surface area (Å²) in [4.78, 5) is 42.9. The summed E-state index contributed by atoms with van der Waals surface area (Å²) in [6.07, 6.45) is 49.7. The van der Waals surface area contributed by atoms with Crippen LogP contribution in [0, 0.1) is 0 Å². The number of phosphoric ester groups is 1. The molecule has 0 aromatic carbocycles. The fourth-order valence-corrected chi connectivity index (χ4v) is 6.51. The lowest BCUT2D eigenvalue weighted by Crippen LogP contribution is -2.29. The van der Waals surface area contributed by atoms with Gasteiger partial charge in [-0.25, -0.2) is 4.57 Å². The first-order valence-corrected chi connectivity index (χ1v) is 24.2. The van der Waals surface area contributed by atoms with Gasteiger partial charge in [-0.15, -0.1) is 0 Å². The van der Waals surface area contributed by atoms with E-state index >= 15 is 0 Å². The van der Waals surface area contributed by atoms with E-state index in [1.165, 1.54) is 116 Å². The Kier molecular flexibility index (Phi) is 40.2. The Labute approximate surface area is 348 Å². The summed E-state index contributed by atoms with van der Waals surface area (Å²) in [5.74, 6) is -1.01. The van der Waals surface area contributed by atoms with Crippen LogP contribution in [0.5, 0.6) is 0 Å². The maximum absolute atomic E-state index is 12.4. The first-order chi connectivity index (χ1) is 27.7. The van der Waals surface area contributed by atoms with E-state index in [-0.39, 0.29) is 19.4 Å². The maximum Gasteiger partial charge on any atom is 0.469 e. The van der Waals surface area contributed by atoms with Crippen LogP contribution in [0.2, 0.25) is 0 Å². The summed E-state index contributed by atoms with van der Waals surface area (Å²) in [6, 6.07) is 0. The highest BCUT2D eigenvalue weighted by Crippen LogP contribution is 2.36. The van der Waals surface area contributed by atoms with Gasteiger partial charge >= 0.3 is 19.8 Å². The molecule has 0 bridgehead atoms. The van der Waals surface area contributed by atoms with E-state index in [1.54, 1.807) is 12.2 Å². The molecule has 0 amide bonds. The molecular weight excluding hydrogens is 739 g/mol. The monoisotopic (exact) mass is 823 g/mol. The molecule has 0 aromatic heterocycles. The lowest BCUT2D eigenvalue weighted by molar-refractivity contribution is -0.161. The third-order valence-electron chi connectivity index (χ3n) is 9.59. The minimum Gasteiger partial charge on any atom is -0.462 e. The molecule has 0 aromatic rings. The molecule has 0 saturated carbocycles. The Morgan fingerprint density at radius 2 is 1.02 bits per heavy atom. The van der Waals surface area contributed by atoms with Gasteiger partial charge in [0.25, 0.3) is 0 Å². The van der Waals surface area contributed by atoms with Crippen molar-refractivity contribution in [1.29, 1.82) is 0 Å². The fourth-order valence-electron chi connectivity index (χ4n) is 6.15. The Hall–Kier alpha value is -2.29. The van der Waals surface area contributed by atoms with Gasteiger partial charge in [0.2, 0.25) is 0 Å². The summed E-state index contributed by atoms with van der Waals surface area (Å²) in [5, 5.41) is 10.1. The molecule has 0 spiro atoms. The topological polar surface area (TPSA) is 140 Å². The van der Waals surface area contributed by atoms with Crippen molar-refractivity contribution in [3.8, 4) is 0 Å². The van der Waals surface area contributed by atoms with Crippen molar-refractivity contribution in [2.45, 2.75) is 212 Å². The largest absolute Gasteiger partial charge is 0.469 e. The summed E-state index contributed by atoms with van der Waals surface area (Å²) < 4.78 is 26.3. The molecule has 1 unspecified atom stereocenters. The SMILES string of the molecule is CCCCC/C=C\C/C=C\CC(O)/C=C\C=C\CCCC(=O)OC[C@H](COP(=O)(O)O)OC(=O)CCCCCCCCCCCCC/C=C\CCCCCCCC. The number of phosphoric acid groups is 1. The second-order valence-electron chi connectivity index (χ2n) is 15.2. The minimum absolute atomic E-state index is 0.131. The van der Waals surface area contributed by atoms with Gasteiger partial charge in [0.05, 0.1) is 12.7 Å². The van der Waals surface area contributed by atoms with E-state index in [1.807, 2.05) is 18.2 Å². The number of unbranched alkanes of at least 4 members (excludes halogenated alkanes) is 21. The third-order valence-corrected chi connectivity index (χ3v) is 10.1. The number of rotatable bonds is 41. The smallest absolute Gasteiger partial charge is 0.462 e. The molecule has 0 aliphatic rings. The molecule has 0 aliphatic heterocycles. The average Bonchev–Trinajstić information content (AvgIpc) is 3.18. The number of aliphatic hydroxyl groups excluding tert-OH is 1. The summed E-state index contributed by atoms with van der Waals surface area (Å²) in [5.41, 5.74) is 0. The van der Waals surface area contributed by atoms with Crippen LogP contribution in [0.1, 0.15) is 200 Å². The van der Waals surface area contributed by atoms with E-state index in [2.05, 4.69) is 48.8 Å². The van der Waals surface area contributed by atoms with Gasteiger partial charge in [-0.05, 0) is 70.6 Å². The molecular formula is C47H83O9P. The highest BCUT2D eigenvalue weighted by atomic mass is 31.2. The van der Waals surface area contributed by atoms with Gasteiger partial charge in [-0.3, -0.25) is 14.1 Å². The molecule has 330 valence electrons. The number of allylic oxidation sites excluding steroid dienone is 8. The van der Waals surface area contributed by atoms with Gasteiger partial charge in [0.15, 0.2) is 6.10 Å². The third kappa shape index (κ3) is 44.7. The van der Waals surface area contributed by atoms with Crippen molar-refractivity contribution in [2.24, 2.45) is 0 Å². The second-order valence-corrected chi connectivity index (χ2v) is 16.5. The quantitative estimate of drug-likeness (QED) is 0.0181. The normalized spacial score (nSPS) is 13.6. The van der Waals surface area contributed by atoms with Gasteiger partial charge in [0, 0.05) is 12.8 Å². The first-order valence-electron chi connectivity index (χ1n) is 22.7. The molecule has 3 N–H and O–H groups in total. The standard InChI is InChI=1S/C47H83O9P/c1-3-5-7-9-11-13-14-15-16-17-18-19-20-21-22-23-24-26-28-32-37-41-47(50)56-45(43-55-57(51,52)53)42-54-46(49)40-36-33-29-31-35-39-44(48)38-34-30-27-25-12-10-8-6-4-2/h12,15-16,25,29-31,34-35,39,44-45,48H,3-11,13-14,17-24,26-28,32-33,36-38,40-43H2,1-2H3,(H2,51,52,53)/b16-15-,25-12-,31-29+,34-30-,39-35-/t44?,45-/m1/s1. The number of carbonyl (C=O) groups excluding carboxylic acids is 2. The molecule has 0 aliphatic carbocycles. The predicted octanol–water partition coefficient (Wildman–Crippen LogP) is 13.0. The molecule has 0 rings (SSSR count). The van der Waals surface area contributed by atoms with Crippen LogP contribution in [0.3, 0.4) is 0 Å². The molecule has 10 heteroatoms. The minimum atomic E-state index is -4.79. The zero-order valence-electron chi connectivity index (χ0n) is 36.1. The van der Waals surface area contributed by atoms with E-state index in [9.17, 15) is 19.3 Å². The van der Waals surface area contributed by atoms with Crippen molar-refractivity contribution in [2.75, 3.05) is 13.2 Å². The zero-order valence-corrected chi connectivity index (χ0v) is 37.0. The molecule has 0 fully saturated rings. The number of hydrogen-bond acceptors (Lipinski definition) is 7. The van der Waals surface area contributed by atoms with Crippen LogP contribution in [-0.2, 0) is 28.2 Å². The van der Waals surface area contributed by atoms with Crippen molar-refractivity contribution >= 4 is 19.8 Å². The highest BCUT2D eigenvalue weighted by molar-refractivity contribution is 7.46. The molecule has 9 nitrogen and oxygen atoms in total. The Bertz CT molecular complexity index is 1120. The maximum atomic E-state index is 12.4. The number of esters is 2. The van der Waals surface area contributed by atoms with Crippen LogP contribution < -0.4 is 0 Å². The van der Waals surface area contributed by atoms with E-state index in [0.29, 0.717) is 25.7 Å². The van der Waals surface area contributed by atoms with Gasteiger partial charge in [-0.1, -0.05) is 177 Å². The van der Waals surface area contributed by atoms with Crippen molar-refractivity contribution in [1.82, 2.24) is 0 Å². The molecule has 2 atom stereocenters. The Balaban J connectivity index is 4.02. The van der Waals surface area contributed by atoms with Crippen LogP contribution in [-0.4, -0.2) is 52.3 Å². The van der Waals surface area contributed by atoms with Crippen molar-refractivity contribution < 1.29 is 43.0 Å². The summed E-state index contributed by atoms with van der Waals surface area (Å²) >= 11 is 0. The van der Waals surface area contributed by atoms with Crippen molar-refractivity contribution in [3.63, 3.8) is 0 Å². The first kappa shape index (κ1) is 54.7. The number of hydrogen-bond donors (Lipinski definition) is 3.